The molecular formula is C30H31FN5O3+. The van der Waals surface area contributed by atoms with Crippen molar-refractivity contribution in [3.8, 4) is 17.2 Å². The molecule has 5 rings (SSSR count). The molecule has 0 bridgehead atoms. The van der Waals surface area contributed by atoms with Crippen molar-refractivity contribution in [1.82, 2.24) is 15.3 Å². The van der Waals surface area contributed by atoms with E-state index in [2.05, 4.69) is 43.4 Å². The smallest absolute Gasteiger partial charge is 0.254 e. The number of aryl methyl sites for hydroxylation is 2. The van der Waals surface area contributed by atoms with Crippen molar-refractivity contribution in [2.75, 3.05) is 32.7 Å². The average molecular weight is 529 g/mol. The molecule has 8 nitrogen and oxygen atoms in total. The molecule has 5 aromatic rings. The molecule has 0 spiro atoms. The molecule has 0 aliphatic heterocycles. The second-order valence-electron chi connectivity index (χ2n) is 9.17. The predicted octanol–water partition coefficient (Wildman–Crippen LogP) is 4.98. The number of benzene rings is 3. The molecule has 0 saturated heterocycles. The summed E-state index contributed by atoms with van der Waals surface area (Å²) in [6.07, 6.45) is 3.49. The highest BCUT2D eigenvalue weighted by molar-refractivity contribution is 5.93. The number of methoxy groups -OCH3 is 2. The Hall–Kier alpha value is -4.50. The molecule has 0 atom stereocenters. The van der Waals surface area contributed by atoms with E-state index in [1.165, 1.54) is 12.4 Å². The van der Waals surface area contributed by atoms with Gasteiger partial charge in [0, 0.05) is 41.9 Å². The number of aromatic nitrogens is 3. The van der Waals surface area contributed by atoms with Crippen LogP contribution in [0.15, 0.2) is 67.1 Å². The lowest BCUT2D eigenvalue weighted by Gasteiger charge is -2.15. The number of rotatable bonds is 10. The molecule has 0 radical (unpaired) electrons. The van der Waals surface area contributed by atoms with Crippen molar-refractivity contribution in [1.29, 1.82) is 0 Å². The van der Waals surface area contributed by atoms with Gasteiger partial charge in [-0.1, -0.05) is 6.07 Å². The van der Waals surface area contributed by atoms with E-state index in [0.29, 0.717) is 48.1 Å². The van der Waals surface area contributed by atoms with E-state index in [9.17, 15) is 4.39 Å². The first kappa shape index (κ1) is 26.1. The van der Waals surface area contributed by atoms with Gasteiger partial charge < -0.3 is 24.8 Å². The van der Waals surface area contributed by atoms with Crippen LogP contribution in [0.3, 0.4) is 0 Å². The summed E-state index contributed by atoms with van der Waals surface area (Å²) >= 11 is 0. The average Bonchev–Trinajstić information content (AvgIpc) is 2.94. The summed E-state index contributed by atoms with van der Waals surface area (Å²) in [6.45, 7) is 3.37. The summed E-state index contributed by atoms with van der Waals surface area (Å²) in [7, 11) is 5.31. The van der Waals surface area contributed by atoms with Crippen LogP contribution in [0.4, 0.5) is 15.9 Å². The largest absolute Gasteiger partial charge is 0.493 e. The van der Waals surface area contributed by atoms with Gasteiger partial charge in [0.25, 0.3) is 5.52 Å². The summed E-state index contributed by atoms with van der Waals surface area (Å²) in [5.74, 6) is 2.35. The highest BCUT2D eigenvalue weighted by Crippen LogP contribution is 2.35. The van der Waals surface area contributed by atoms with Crippen LogP contribution < -0.4 is 29.4 Å². The first-order valence-corrected chi connectivity index (χ1v) is 12.6. The van der Waals surface area contributed by atoms with Gasteiger partial charge in [-0.3, -0.25) is 0 Å². The maximum atomic E-state index is 13.7. The standard InChI is InChI=1S/C30H31FN5O3/c1-19-14-22(9-10-24(19)31)35-30-23-15-27(26(37-3)16-25(23)33-18-34-30)39-13-11-32-17-21-8-7-20-6-5-12-36(2)28(20)29(21)38-4/h5-10,12,14-16,18,32H,11,13,17H2,1-4H3,(H,33,34,35)/q+1. The normalized spacial score (nSPS) is 11.1. The third kappa shape index (κ3) is 5.53. The first-order valence-electron chi connectivity index (χ1n) is 12.6. The van der Waals surface area contributed by atoms with Gasteiger partial charge in [-0.2, -0.15) is 4.57 Å². The molecule has 0 saturated carbocycles. The number of hydrogen-bond donors (Lipinski definition) is 2. The van der Waals surface area contributed by atoms with Crippen molar-refractivity contribution < 1.29 is 23.2 Å². The molecule has 0 aliphatic carbocycles. The van der Waals surface area contributed by atoms with Gasteiger partial charge in [-0.05, 0) is 48.9 Å². The number of hydrogen-bond acceptors (Lipinski definition) is 7. The molecule has 0 fully saturated rings. The van der Waals surface area contributed by atoms with E-state index in [1.54, 1.807) is 33.3 Å². The monoisotopic (exact) mass is 528 g/mol. The molecule has 0 aliphatic rings. The highest BCUT2D eigenvalue weighted by Gasteiger charge is 2.16. The zero-order chi connectivity index (χ0) is 27.4. The maximum Gasteiger partial charge on any atom is 0.254 e. The van der Waals surface area contributed by atoms with Crippen LogP contribution in [0.2, 0.25) is 0 Å². The van der Waals surface area contributed by atoms with Crippen LogP contribution in [0.25, 0.3) is 21.8 Å². The lowest BCUT2D eigenvalue weighted by molar-refractivity contribution is -0.645. The van der Waals surface area contributed by atoms with E-state index < -0.39 is 0 Å². The summed E-state index contributed by atoms with van der Waals surface area (Å²) in [4.78, 5) is 8.78. The van der Waals surface area contributed by atoms with Gasteiger partial charge in [0.1, 0.15) is 31.6 Å². The number of nitrogens with one attached hydrogen (secondary N) is 2. The minimum Gasteiger partial charge on any atom is -0.493 e. The number of ether oxygens (including phenoxy) is 3. The highest BCUT2D eigenvalue weighted by atomic mass is 19.1. The number of fused-ring (bicyclic) bond motifs is 2. The van der Waals surface area contributed by atoms with E-state index in [0.717, 1.165) is 33.3 Å². The van der Waals surface area contributed by atoms with Crippen LogP contribution in [-0.4, -0.2) is 37.3 Å². The molecule has 0 unspecified atom stereocenters. The van der Waals surface area contributed by atoms with Crippen LogP contribution in [0.5, 0.6) is 17.2 Å². The van der Waals surface area contributed by atoms with Crippen LogP contribution >= 0.6 is 0 Å². The molecule has 2 N–H and O–H groups in total. The van der Waals surface area contributed by atoms with Crippen LogP contribution in [0, 0.1) is 12.7 Å². The van der Waals surface area contributed by atoms with Gasteiger partial charge in [0.15, 0.2) is 23.4 Å². The Morgan fingerprint density at radius 1 is 0.974 bits per heavy atom. The molecule has 2 heterocycles. The van der Waals surface area contributed by atoms with E-state index >= 15 is 0 Å². The number of halogens is 1. The fraction of sp³-hybridized carbons (Fsp3) is 0.233. The Morgan fingerprint density at radius 2 is 1.85 bits per heavy atom. The topological polar surface area (TPSA) is 81.4 Å². The Morgan fingerprint density at radius 3 is 2.64 bits per heavy atom. The maximum absolute atomic E-state index is 13.7. The molecule has 200 valence electrons. The summed E-state index contributed by atoms with van der Waals surface area (Å²) in [5.41, 5.74) is 4.10. The SMILES string of the molecule is COc1cc2ncnc(Nc3ccc(F)c(C)c3)c2cc1OCCNCc1ccc2ccc[n+](C)c2c1OC. The third-order valence-electron chi connectivity index (χ3n) is 6.58. The molecular weight excluding hydrogens is 497 g/mol. The second kappa shape index (κ2) is 11.5. The lowest BCUT2D eigenvalue weighted by Crippen LogP contribution is -2.29. The van der Waals surface area contributed by atoms with Crippen LogP contribution in [-0.2, 0) is 13.6 Å². The lowest BCUT2D eigenvalue weighted by atomic mass is 10.1. The van der Waals surface area contributed by atoms with Crippen molar-refractivity contribution >= 4 is 33.3 Å². The predicted molar refractivity (Wildman–Crippen MR) is 149 cm³/mol. The Balaban J connectivity index is 1.29. The van der Waals surface area contributed by atoms with E-state index in [-0.39, 0.29) is 5.82 Å². The summed E-state index contributed by atoms with van der Waals surface area (Å²) in [5, 5.41) is 8.58. The minimum absolute atomic E-state index is 0.254. The quantitative estimate of drug-likeness (QED) is 0.195. The molecule has 9 heteroatoms. The minimum atomic E-state index is -0.254. The molecule has 2 aromatic heterocycles. The fourth-order valence-electron chi connectivity index (χ4n) is 4.60. The Bertz CT molecular complexity index is 1640. The van der Waals surface area contributed by atoms with Gasteiger partial charge in [-0.25, -0.2) is 14.4 Å². The Labute approximate surface area is 226 Å². The van der Waals surface area contributed by atoms with Crippen molar-refractivity contribution in [3.63, 3.8) is 0 Å². The fourth-order valence-corrected chi connectivity index (χ4v) is 4.60. The second-order valence-corrected chi connectivity index (χ2v) is 9.17. The van der Waals surface area contributed by atoms with Crippen molar-refractivity contribution in [2.45, 2.75) is 13.5 Å². The van der Waals surface area contributed by atoms with Gasteiger partial charge in [0.05, 0.1) is 25.1 Å². The Kier molecular flexibility index (Phi) is 7.69. The summed E-state index contributed by atoms with van der Waals surface area (Å²) < 4.78 is 33.2. The van der Waals surface area contributed by atoms with Crippen molar-refractivity contribution in [3.05, 3.63) is 84.1 Å². The molecule has 0 amide bonds. The number of nitrogens with zero attached hydrogens (tertiary/aromatic N) is 3. The molecule has 3 aromatic carbocycles. The number of pyridine rings is 1. The number of anilines is 2. The first-order chi connectivity index (χ1) is 19.0. The van der Waals surface area contributed by atoms with E-state index in [1.807, 2.05) is 31.4 Å². The van der Waals surface area contributed by atoms with Gasteiger partial charge in [0.2, 0.25) is 0 Å². The zero-order valence-electron chi connectivity index (χ0n) is 22.4. The van der Waals surface area contributed by atoms with Gasteiger partial charge >= 0.3 is 0 Å². The molecule has 39 heavy (non-hydrogen) atoms. The van der Waals surface area contributed by atoms with E-state index in [4.69, 9.17) is 14.2 Å². The van der Waals surface area contributed by atoms with Crippen molar-refractivity contribution in [2.24, 2.45) is 7.05 Å². The summed E-state index contributed by atoms with van der Waals surface area (Å²) in [6, 6.07) is 16.8. The van der Waals surface area contributed by atoms with Crippen LogP contribution in [0.1, 0.15) is 11.1 Å². The third-order valence-corrected chi connectivity index (χ3v) is 6.58. The zero-order valence-corrected chi connectivity index (χ0v) is 22.4. The van der Waals surface area contributed by atoms with Gasteiger partial charge in [-0.15, -0.1) is 0 Å².